The van der Waals surface area contributed by atoms with E-state index >= 15 is 0 Å². The molecule has 21 heavy (non-hydrogen) atoms. The van der Waals surface area contributed by atoms with Crippen LogP contribution >= 0.6 is 0 Å². The summed E-state index contributed by atoms with van der Waals surface area (Å²) in [4.78, 5) is 22.3. The number of ether oxygens (including phenoxy) is 1. The van der Waals surface area contributed by atoms with E-state index in [9.17, 15) is 14.7 Å². The highest BCUT2D eigenvalue weighted by molar-refractivity contribution is 5.77. The van der Waals surface area contributed by atoms with Crippen molar-refractivity contribution >= 4 is 11.9 Å². The standard InChI is InChI=1S/C15H25NO5/c1-8-4-5-11-14(2,3)15(11,7-8)21-10(13(19)20)6-9(16)12(17)18/h8-11H,4-7,16H2,1-3H3,(H,17,18)(H,19,20)/t8?,9-,10?,11?,15?/m0/s1. The third kappa shape index (κ3) is 2.66. The summed E-state index contributed by atoms with van der Waals surface area (Å²) in [5, 5.41) is 18.2. The van der Waals surface area contributed by atoms with E-state index in [1.807, 2.05) is 0 Å². The summed E-state index contributed by atoms with van der Waals surface area (Å²) in [5.41, 5.74) is 4.97. The molecule has 6 heteroatoms. The minimum absolute atomic E-state index is 0.0568. The third-order valence-electron chi connectivity index (χ3n) is 5.45. The Hall–Kier alpha value is -1.14. The van der Waals surface area contributed by atoms with Gasteiger partial charge in [0.25, 0.3) is 0 Å². The smallest absolute Gasteiger partial charge is 0.332 e. The van der Waals surface area contributed by atoms with Crippen LogP contribution in [0.1, 0.15) is 46.5 Å². The molecule has 0 aromatic carbocycles. The molecule has 0 amide bonds. The van der Waals surface area contributed by atoms with E-state index in [0.29, 0.717) is 11.8 Å². The minimum Gasteiger partial charge on any atom is -0.480 e. The molecule has 120 valence electrons. The zero-order chi connectivity index (χ0) is 16.0. The first-order chi connectivity index (χ1) is 9.61. The molecule has 2 aliphatic carbocycles. The summed E-state index contributed by atoms with van der Waals surface area (Å²) in [7, 11) is 0. The second kappa shape index (κ2) is 5.25. The number of carboxylic acids is 2. The molecule has 0 heterocycles. The van der Waals surface area contributed by atoms with E-state index in [2.05, 4.69) is 20.8 Å². The molecule has 0 saturated heterocycles. The van der Waals surface area contributed by atoms with Gasteiger partial charge in [0.15, 0.2) is 6.10 Å². The van der Waals surface area contributed by atoms with Gasteiger partial charge in [-0.15, -0.1) is 0 Å². The SMILES string of the molecule is CC1CCC2C(C)(C)C2(OC(C[C@H](N)C(=O)O)C(=O)O)C1. The number of aliphatic carboxylic acids is 2. The fraction of sp³-hybridized carbons (Fsp3) is 0.867. The topological polar surface area (TPSA) is 110 Å². The molecule has 0 aromatic rings. The average molecular weight is 299 g/mol. The van der Waals surface area contributed by atoms with Crippen molar-refractivity contribution in [2.75, 3.05) is 0 Å². The largest absolute Gasteiger partial charge is 0.480 e. The van der Waals surface area contributed by atoms with Gasteiger partial charge in [-0.2, -0.15) is 0 Å². The van der Waals surface area contributed by atoms with Crippen LogP contribution in [0.25, 0.3) is 0 Å². The summed E-state index contributed by atoms with van der Waals surface area (Å²) in [6, 6.07) is -1.22. The molecule has 5 atom stereocenters. The highest BCUT2D eigenvalue weighted by atomic mass is 16.5. The Bertz CT molecular complexity index is 449. The average Bonchev–Trinajstić information content (AvgIpc) is 2.83. The lowest BCUT2D eigenvalue weighted by atomic mass is 9.88. The van der Waals surface area contributed by atoms with Crippen LogP contribution in [0.2, 0.25) is 0 Å². The number of carboxylic acid groups (broad SMARTS) is 2. The van der Waals surface area contributed by atoms with Crippen molar-refractivity contribution in [2.24, 2.45) is 23.0 Å². The number of hydrogen-bond donors (Lipinski definition) is 3. The van der Waals surface area contributed by atoms with Crippen LogP contribution in [0.3, 0.4) is 0 Å². The molecule has 2 fully saturated rings. The molecule has 0 spiro atoms. The van der Waals surface area contributed by atoms with Gasteiger partial charge in [-0.25, -0.2) is 4.79 Å². The Morgan fingerprint density at radius 1 is 1.29 bits per heavy atom. The first-order valence-corrected chi connectivity index (χ1v) is 7.51. The van der Waals surface area contributed by atoms with Gasteiger partial charge in [-0.05, 0) is 30.1 Å². The zero-order valence-electron chi connectivity index (χ0n) is 12.8. The molecule has 0 radical (unpaired) electrons. The van der Waals surface area contributed by atoms with Crippen LogP contribution in [0.4, 0.5) is 0 Å². The molecule has 0 aliphatic heterocycles. The Labute approximate surface area is 124 Å². The van der Waals surface area contributed by atoms with E-state index in [0.717, 1.165) is 19.3 Å². The van der Waals surface area contributed by atoms with Gasteiger partial charge in [0.2, 0.25) is 0 Å². The lowest BCUT2D eigenvalue weighted by Crippen LogP contribution is -2.42. The number of rotatable bonds is 6. The number of fused-ring (bicyclic) bond motifs is 1. The maximum Gasteiger partial charge on any atom is 0.332 e. The van der Waals surface area contributed by atoms with Gasteiger partial charge in [-0.1, -0.05) is 27.2 Å². The van der Waals surface area contributed by atoms with Crippen molar-refractivity contribution in [3.8, 4) is 0 Å². The van der Waals surface area contributed by atoms with Crippen molar-refractivity contribution < 1.29 is 24.5 Å². The second-order valence-corrected chi connectivity index (χ2v) is 7.18. The van der Waals surface area contributed by atoms with Gasteiger partial charge < -0.3 is 20.7 Å². The van der Waals surface area contributed by atoms with Crippen molar-refractivity contribution in [1.29, 1.82) is 0 Å². The highest BCUT2D eigenvalue weighted by Gasteiger charge is 2.73. The predicted octanol–water partition coefficient (Wildman–Crippen LogP) is 1.47. The molecule has 6 nitrogen and oxygen atoms in total. The molecule has 0 aromatic heterocycles. The predicted molar refractivity (Wildman–Crippen MR) is 75.8 cm³/mol. The molecular weight excluding hydrogens is 274 g/mol. The number of nitrogens with two attached hydrogens (primary N) is 1. The normalized spacial score (nSPS) is 36.4. The van der Waals surface area contributed by atoms with Crippen molar-refractivity contribution in [1.82, 2.24) is 0 Å². The van der Waals surface area contributed by atoms with Gasteiger partial charge in [0, 0.05) is 6.42 Å². The first kappa shape index (κ1) is 16.2. The fourth-order valence-electron chi connectivity index (χ4n) is 4.06. The third-order valence-corrected chi connectivity index (χ3v) is 5.45. The zero-order valence-corrected chi connectivity index (χ0v) is 12.8. The summed E-state index contributed by atoms with van der Waals surface area (Å²) >= 11 is 0. The first-order valence-electron chi connectivity index (χ1n) is 7.51. The summed E-state index contributed by atoms with van der Waals surface area (Å²) < 4.78 is 5.98. The molecule has 0 bridgehead atoms. The van der Waals surface area contributed by atoms with E-state index in [1.165, 1.54) is 0 Å². The summed E-state index contributed by atoms with van der Waals surface area (Å²) in [6.07, 6.45) is 1.63. The molecule has 2 aliphatic rings. The van der Waals surface area contributed by atoms with Crippen LogP contribution in [-0.2, 0) is 14.3 Å². The minimum atomic E-state index is -1.22. The maximum atomic E-state index is 11.4. The summed E-state index contributed by atoms with van der Waals surface area (Å²) in [5.74, 6) is -1.50. The monoisotopic (exact) mass is 299 g/mol. The van der Waals surface area contributed by atoms with Crippen LogP contribution < -0.4 is 5.73 Å². The van der Waals surface area contributed by atoms with Crippen LogP contribution in [0, 0.1) is 17.3 Å². The van der Waals surface area contributed by atoms with Crippen molar-refractivity contribution in [3.63, 3.8) is 0 Å². The van der Waals surface area contributed by atoms with Gasteiger partial charge in [0.05, 0.1) is 5.60 Å². The maximum absolute atomic E-state index is 11.4. The fourth-order valence-corrected chi connectivity index (χ4v) is 4.06. The van der Waals surface area contributed by atoms with E-state index in [-0.39, 0.29) is 11.8 Å². The van der Waals surface area contributed by atoms with Gasteiger partial charge in [-0.3, -0.25) is 4.79 Å². The molecule has 2 rings (SSSR count). The molecule has 2 saturated carbocycles. The van der Waals surface area contributed by atoms with Crippen molar-refractivity contribution in [2.45, 2.75) is 64.2 Å². The highest BCUT2D eigenvalue weighted by Crippen LogP contribution is 2.71. The number of carbonyl (C=O) groups is 2. The van der Waals surface area contributed by atoms with E-state index < -0.39 is 29.7 Å². The van der Waals surface area contributed by atoms with Crippen LogP contribution in [0.5, 0.6) is 0 Å². The Morgan fingerprint density at radius 2 is 1.90 bits per heavy atom. The van der Waals surface area contributed by atoms with Crippen LogP contribution in [0.15, 0.2) is 0 Å². The van der Waals surface area contributed by atoms with Gasteiger partial charge in [0.1, 0.15) is 6.04 Å². The van der Waals surface area contributed by atoms with E-state index in [4.69, 9.17) is 15.6 Å². The Kier molecular flexibility index (Phi) is 4.06. The van der Waals surface area contributed by atoms with Crippen LogP contribution in [-0.4, -0.2) is 39.9 Å². The second-order valence-electron chi connectivity index (χ2n) is 7.18. The quantitative estimate of drug-likeness (QED) is 0.685. The molecule has 4 N–H and O–H groups in total. The number of hydrogen-bond acceptors (Lipinski definition) is 4. The molecule has 4 unspecified atom stereocenters. The van der Waals surface area contributed by atoms with Crippen molar-refractivity contribution in [3.05, 3.63) is 0 Å². The Morgan fingerprint density at radius 3 is 2.43 bits per heavy atom. The van der Waals surface area contributed by atoms with E-state index in [1.54, 1.807) is 0 Å². The lowest BCUT2D eigenvalue weighted by molar-refractivity contribution is -0.163. The lowest BCUT2D eigenvalue weighted by Gasteiger charge is -2.31. The molecular formula is C15H25NO5. The Balaban J connectivity index is 2.13. The van der Waals surface area contributed by atoms with Gasteiger partial charge >= 0.3 is 11.9 Å². The summed E-state index contributed by atoms with van der Waals surface area (Å²) in [6.45, 7) is 6.35.